The second-order valence-corrected chi connectivity index (χ2v) is 22.0. The lowest BCUT2D eigenvalue weighted by molar-refractivity contribution is 0.0774. The molecule has 1 N–H and O–H groups in total. The highest BCUT2D eigenvalue weighted by Gasteiger charge is 2.13. The summed E-state index contributed by atoms with van der Waals surface area (Å²) in [5, 5.41) is 16.9. The Bertz CT molecular complexity index is 1040. The Labute approximate surface area is 219 Å². The van der Waals surface area contributed by atoms with Gasteiger partial charge in [0.05, 0.1) is 0 Å². The summed E-state index contributed by atoms with van der Waals surface area (Å²) in [5.74, 6) is 0.867. The predicted molar refractivity (Wildman–Crippen MR) is 142 cm³/mol. The van der Waals surface area contributed by atoms with Gasteiger partial charge in [-0.2, -0.15) is 10.2 Å². The van der Waals surface area contributed by atoms with E-state index in [0.29, 0.717) is 25.1 Å². The van der Waals surface area contributed by atoms with Crippen molar-refractivity contribution in [2.24, 2.45) is 0 Å². The molecular weight excluding hydrogens is 512 g/mol. The highest BCUT2D eigenvalue weighted by Crippen LogP contribution is 2.08. The number of carbonyl (C=O) groups excluding carboxylic acids is 1. The average Bonchev–Trinajstić information content (AvgIpc) is 3.59. The zero-order valence-corrected chi connectivity index (χ0v) is 24.7. The van der Waals surface area contributed by atoms with Gasteiger partial charge >= 0.3 is 6.09 Å². The van der Waals surface area contributed by atoms with Crippen molar-refractivity contribution in [1.82, 2.24) is 39.1 Å². The first-order chi connectivity index (χ1) is 17.4. The number of ether oxygens (including phenoxy) is 3. The van der Waals surface area contributed by atoms with Crippen molar-refractivity contribution in [3.8, 4) is 0 Å². The number of rotatable bonds is 13. The predicted octanol–water partition coefficient (Wildman–Crippen LogP) is 3.05. The van der Waals surface area contributed by atoms with Gasteiger partial charge in [-0.1, -0.05) is 39.3 Å². The average molecular weight is 553 g/mol. The number of imidazole rings is 1. The highest BCUT2D eigenvalue weighted by molar-refractivity contribution is 6.76. The van der Waals surface area contributed by atoms with E-state index >= 15 is 0 Å². The van der Waals surface area contributed by atoms with E-state index in [1.54, 1.807) is 22.0 Å². The van der Waals surface area contributed by atoms with E-state index in [0.717, 1.165) is 25.3 Å². The van der Waals surface area contributed by atoms with Crippen LogP contribution in [0.3, 0.4) is 0 Å². The summed E-state index contributed by atoms with van der Waals surface area (Å²) < 4.78 is 20.5. The Balaban J connectivity index is 0.000000281. The Kier molecular flexibility index (Phi) is 12.3. The molecule has 37 heavy (non-hydrogen) atoms. The van der Waals surface area contributed by atoms with Crippen molar-refractivity contribution >= 4 is 22.2 Å². The SMILES string of the molecule is C[Si](C)(C)CCOCn1cnc(CO)n1.C[Si](C)(C)CCOCn1cnc(COC(=O)n2ccnc2)n1. The van der Waals surface area contributed by atoms with Crippen molar-refractivity contribution < 1.29 is 24.1 Å². The Morgan fingerprint density at radius 3 is 1.86 bits per heavy atom. The molecule has 0 saturated carbocycles. The molecule has 0 fully saturated rings. The summed E-state index contributed by atoms with van der Waals surface area (Å²) >= 11 is 0. The molecule has 0 atom stereocenters. The van der Waals surface area contributed by atoms with Crippen LogP contribution in [0.25, 0.3) is 0 Å². The molecule has 0 aliphatic heterocycles. The molecule has 3 heterocycles. The lowest BCUT2D eigenvalue weighted by Crippen LogP contribution is -2.22. The van der Waals surface area contributed by atoms with Crippen LogP contribution < -0.4 is 0 Å². The van der Waals surface area contributed by atoms with E-state index in [1.165, 1.54) is 23.3 Å². The van der Waals surface area contributed by atoms with E-state index < -0.39 is 22.2 Å². The molecule has 0 radical (unpaired) electrons. The first kappa shape index (κ1) is 30.5. The molecule has 0 bridgehead atoms. The molecule has 0 saturated heterocycles. The van der Waals surface area contributed by atoms with Crippen LogP contribution in [0.4, 0.5) is 4.79 Å². The van der Waals surface area contributed by atoms with Gasteiger partial charge in [-0.05, 0) is 12.1 Å². The van der Waals surface area contributed by atoms with Gasteiger partial charge in [0, 0.05) is 41.8 Å². The van der Waals surface area contributed by atoms with Crippen LogP contribution >= 0.6 is 0 Å². The van der Waals surface area contributed by atoms with Crippen LogP contribution in [0.1, 0.15) is 11.6 Å². The minimum absolute atomic E-state index is 0.0128. The van der Waals surface area contributed by atoms with Crippen molar-refractivity contribution in [1.29, 1.82) is 0 Å². The van der Waals surface area contributed by atoms with E-state index in [-0.39, 0.29) is 13.2 Å². The standard InChI is InChI=1S/C13H21N5O3Si.C9H19N3O2Si/c1-22(2,3)7-6-20-11-18-10-15-12(16-18)8-21-13(19)17-5-4-14-9-17;1-15(2,3)5-4-14-8-12-7-10-9(6-13)11-12/h4-5,9-10H,6-8,11H2,1-3H3;7,13H,4-6,8H2,1-3H3. The maximum absolute atomic E-state index is 11.6. The smallest absolute Gasteiger partial charge is 0.419 e. The quantitative estimate of drug-likeness (QED) is 0.248. The largest absolute Gasteiger partial charge is 0.441 e. The van der Waals surface area contributed by atoms with Gasteiger partial charge in [0.15, 0.2) is 18.3 Å². The van der Waals surface area contributed by atoms with Crippen molar-refractivity contribution in [3.63, 3.8) is 0 Å². The van der Waals surface area contributed by atoms with Gasteiger partial charge in [0.2, 0.25) is 0 Å². The molecular formula is C22H40N8O5Si2. The molecule has 0 spiro atoms. The third-order valence-corrected chi connectivity index (χ3v) is 8.20. The summed E-state index contributed by atoms with van der Waals surface area (Å²) in [5.41, 5.74) is 0. The van der Waals surface area contributed by atoms with Crippen LogP contribution in [0.15, 0.2) is 31.4 Å². The maximum atomic E-state index is 11.6. The van der Waals surface area contributed by atoms with Crippen LogP contribution in [0, 0.1) is 0 Å². The number of carbonyl (C=O) groups is 1. The molecule has 0 aliphatic carbocycles. The zero-order chi connectivity index (χ0) is 27.3. The Morgan fingerprint density at radius 2 is 1.41 bits per heavy atom. The van der Waals surface area contributed by atoms with Crippen molar-refractivity contribution in [2.75, 3.05) is 13.2 Å². The monoisotopic (exact) mass is 552 g/mol. The molecule has 0 aromatic carbocycles. The summed E-state index contributed by atoms with van der Waals surface area (Å²) in [6.07, 6.45) is 7.02. The second kappa shape index (κ2) is 14.9. The minimum Gasteiger partial charge on any atom is -0.441 e. The molecule has 0 aliphatic rings. The van der Waals surface area contributed by atoms with Crippen molar-refractivity contribution in [2.45, 2.75) is 78.0 Å². The van der Waals surface area contributed by atoms with Gasteiger partial charge in [0.25, 0.3) is 0 Å². The second-order valence-electron chi connectivity index (χ2n) is 10.8. The lowest BCUT2D eigenvalue weighted by atomic mass is 10.7. The fraction of sp³-hybridized carbons (Fsp3) is 0.636. The summed E-state index contributed by atoms with van der Waals surface area (Å²) in [6.45, 7) is 16.0. The van der Waals surface area contributed by atoms with Gasteiger partial charge in [-0.15, -0.1) is 0 Å². The molecule has 206 valence electrons. The topological polar surface area (TPSA) is 144 Å². The number of hydrogen-bond acceptors (Lipinski definition) is 10. The molecule has 3 aromatic heterocycles. The number of nitrogens with zero attached hydrogens (tertiary/aromatic N) is 8. The van der Waals surface area contributed by atoms with Gasteiger partial charge < -0.3 is 19.3 Å². The van der Waals surface area contributed by atoms with Gasteiger partial charge in [0.1, 0.15) is 39.1 Å². The van der Waals surface area contributed by atoms with Crippen molar-refractivity contribution in [3.05, 3.63) is 43.0 Å². The molecule has 13 nitrogen and oxygen atoms in total. The highest BCUT2D eigenvalue weighted by atomic mass is 28.3. The lowest BCUT2D eigenvalue weighted by Gasteiger charge is -2.15. The zero-order valence-electron chi connectivity index (χ0n) is 22.7. The van der Waals surface area contributed by atoms with E-state index in [9.17, 15) is 4.79 Å². The van der Waals surface area contributed by atoms with Crippen LogP contribution in [0.2, 0.25) is 51.4 Å². The first-order valence-corrected chi connectivity index (χ1v) is 19.5. The van der Waals surface area contributed by atoms with Gasteiger partial charge in [-0.25, -0.2) is 33.7 Å². The first-order valence-electron chi connectivity index (χ1n) is 12.1. The third kappa shape index (κ3) is 13.4. The third-order valence-electron chi connectivity index (χ3n) is 4.79. The minimum atomic E-state index is -1.08. The van der Waals surface area contributed by atoms with Crippen LogP contribution in [0.5, 0.6) is 0 Å². The van der Waals surface area contributed by atoms with E-state index in [2.05, 4.69) is 64.4 Å². The number of hydrogen-bond donors (Lipinski definition) is 1. The maximum Gasteiger partial charge on any atom is 0.419 e. The van der Waals surface area contributed by atoms with E-state index in [4.69, 9.17) is 19.3 Å². The molecule has 15 heteroatoms. The fourth-order valence-corrected chi connectivity index (χ4v) is 4.08. The number of aromatic nitrogens is 8. The number of aliphatic hydroxyl groups excluding tert-OH is 1. The molecule has 0 unspecified atom stereocenters. The molecule has 0 amide bonds. The fourth-order valence-electron chi connectivity index (χ4n) is 2.57. The number of aliphatic hydroxyl groups is 1. The Hall–Kier alpha value is -2.73. The molecule has 3 aromatic rings. The van der Waals surface area contributed by atoms with Crippen LogP contribution in [-0.2, 0) is 40.9 Å². The van der Waals surface area contributed by atoms with Crippen LogP contribution in [-0.4, -0.2) is 79.6 Å². The summed E-state index contributed by atoms with van der Waals surface area (Å²) in [4.78, 5) is 23.4. The molecule has 3 rings (SSSR count). The normalized spacial score (nSPS) is 11.8. The summed E-state index contributed by atoms with van der Waals surface area (Å²) in [6, 6.07) is 2.26. The summed E-state index contributed by atoms with van der Waals surface area (Å²) in [7, 11) is -2.08. The van der Waals surface area contributed by atoms with E-state index in [1.807, 2.05) is 0 Å². The Morgan fingerprint density at radius 1 is 0.865 bits per heavy atom. The van der Waals surface area contributed by atoms with Gasteiger partial charge in [-0.3, -0.25) is 0 Å².